The van der Waals surface area contributed by atoms with Crippen molar-refractivity contribution in [2.75, 3.05) is 36.6 Å². The van der Waals surface area contributed by atoms with E-state index < -0.39 is 17.6 Å². The van der Waals surface area contributed by atoms with E-state index in [4.69, 9.17) is 16.3 Å². The van der Waals surface area contributed by atoms with E-state index in [0.29, 0.717) is 37.2 Å². The molecule has 0 bridgehead atoms. The van der Waals surface area contributed by atoms with Crippen LogP contribution < -0.4 is 15.8 Å². The normalized spacial score (nSPS) is 20.4. The summed E-state index contributed by atoms with van der Waals surface area (Å²) in [6.45, 7) is 3.03. The molecular weight excluding hydrogens is 431 g/mol. The summed E-state index contributed by atoms with van der Waals surface area (Å²) in [6, 6.07) is -0.105. The molecule has 1 aliphatic heterocycles. The molecular formula is C19H28ClFN6O4. The number of carbonyl (C=O) groups is 2. The highest BCUT2D eigenvalue weighted by Crippen LogP contribution is 2.31. The molecule has 31 heavy (non-hydrogen) atoms. The Bertz CT molecular complexity index is 782. The van der Waals surface area contributed by atoms with Crippen molar-refractivity contribution in [3.05, 3.63) is 11.1 Å². The van der Waals surface area contributed by atoms with E-state index in [0.717, 1.165) is 25.7 Å². The second-order valence-electron chi connectivity index (χ2n) is 8.02. The van der Waals surface area contributed by atoms with Crippen molar-refractivity contribution in [1.82, 2.24) is 20.5 Å². The second-order valence-corrected chi connectivity index (χ2v) is 8.36. The molecule has 3 rings (SSSR count). The van der Waals surface area contributed by atoms with Crippen molar-refractivity contribution in [3.63, 3.8) is 0 Å². The first kappa shape index (κ1) is 23.4. The number of hydrazine groups is 1. The molecule has 0 radical (unpaired) electrons. The first-order valence-electron chi connectivity index (χ1n) is 10.4. The predicted octanol–water partition coefficient (Wildman–Crippen LogP) is 1.98. The smallest absolute Gasteiger partial charge is 0.243 e. The number of hydrogen-bond acceptors (Lipinski definition) is 8. The van der Waals surface area contributed by atoms with Gasteiger partial charge in [0.15, 0.2) is 11.6 Å². The Kier molecular flexibility index (Phi) is 8.22. The Hall–Kier alpha value is -2.24. The Balaban J connectivity index is 1.70. The van der Waals surface area contributed by atoms with Crippen LogP contribution in [0.4, 0.5) is 16.0 Å². The highest BCUT2D eigenvalue weighted by Gasteiger charge is 2.29. The van der Waals surface area contributed by atoms with Crippen molar-refractivity contribution in [2.24, 2.45) is 11.8 Å². The van der Waals surface area contributed by atoms with Crippen molar-refractivity contribution in [1.29, 1.82) is 0 Å². The van der Waals surface area contributed by atoms with Gasteiger partial charge in [-0.15, -0.1) is 0 Å². The summed E-state index contributed by atoms with van der Waals surface area (Å²) >= 11 is 5.99. The second kappa shape index (κ2) is 10.9. The quantitative estimate of drug-likeness (QED) is 0.222. The van der Waals surface area contributed by atoms with Gasteiger partial charge in [-0.3, -0.25) is 25.6 Å². The maximum Gasteiger partial charge on any atom is 0.243 e. The van der Waals surface area contributed by atoms with E-state index in [1.54, 1.807) is 4.90 Å². The Morgan fingerprint density at radius 3 is 2.87 bits per heavy atom. The van der Waals surface area contributed by atoms with Gasteiger partial charge in [0.2, 0.25) is 23.4 Å². The number of aromatic nitrogens is 2. The summed E-state index contributed by atoms with van der Waals surface area (Å²) in [5.41, 5.74) is 4.93. The van der Waals surface area contributed by atoms with E-state index in [-0.39, 0.29) is 35.9 Å². The number of carbonyl (C=O) groups excluding carboxylic acids is 2. The van der Waals surface area contributed by atoms with Crippen LogP contribution in [0.15, 0.2) is 0 Å². The molecule has 2 fully saturated rings. The Labute approximate surface area is 185 Å². The maximum absolute atomic E-state index is 15.1. The van der Waals surface area contributed by atoms with Crippen molar-refractivity contribution in [2.45, 2.75) is 45.1 Å². The molecule has 2 amide bonds. The number of nitrogens with one attached hydrogen (secondary N) is 2. The molecule has 2 aliphatic rings. The van der Waals surface area contributed by atoms with Gasteiger partial charge >= 0.3 is 0 Å². The average molecular weight is 459 g/mol. The lowest BCUT2D eigenvalue weighted by atomic mass is 9.92. The van der Waals surface area contributed by atoms with Crippen LogP contribution in [-0.2, 0) is 14.3 Å². The van der Waals surface area contributed by atoms with E-state index in [9.17, 15) is 14.8 Å². The zero-order chi connectivity index (χ0) is 22.4. The van der Waals surface area contributed by atoms with Crippen LogP contribution in [0.5, 0.6) is 0 Å². The molecule has 3 N–H and O–H groups in total. The molecule has 12 heteroatoms. The Morgan fingerprint density at radius 1 is 1.45 bits per heavy atom. The fraction of sp³-hybridized carbons (Fsp3) is 0.684. The number of morpholine rings is 1. The van der Waals surface area contributed by atoms with E-state index in [1.165, 1.54) is 0 Å². The van der Waals surface area contributed by atoms with Gasteiger partial charge in [-0.25, -0.2) is 5.06 Å². The van der Waals surface area contributed by atoms with Gasteiger partial charge in [0.05, 0.1) is 31.7 Å². The van der Waals surface area contributed by atoms with Crippen LogP contribution in [0.2, 0.25) is 5.28 Å². The molecule has 1 aliphatic carbocycles. The summed E-state index contributed by atoms with van der Waals surface area (Å²) < 4.78 is 20.5. The van der Waals surface area contributed by atoms with Crippen molar-refractivity contribution >= 4 is 35.6 Å². The number of ether oxygens (including phenoxy) is 1. The van der Waals surface area contributed by atoms with Gasteiger partial charge in [-0.1, -0.05) is 25.7 Å². The van der Waals surface area contributed by atoms with Crippen molar-refractivity contribution in [3.8, 4) is 0 Å². The van der Waals surface area contributed by atoms with Gasteiger partial charge in [0.1, 0.15) is 0 Å². The molecule has 1 saturated heterocycles. The highest BCUT2D eigenvalue weighted by molar-refractivity contribution is 6.28. The number of rotatable bonds is 9. The molecule has 10 nitrogen and oxygen atoms in total. The number of amides is 2. The fourth-order valence-electron chi connectivity index (χ4n) is 4.13. The van der Waals surface area contributed by atoms with Gasteiger partial charge < -0.3 is 9.64 Å². The topological polar surface area (TPSA) is 120 Å². The van der Waals surface area contributed by atoms with Gasteiger partial charge in [-0.2, -0.15) is 14.4 Å². The lowest BCUT2D eigenvalue weighted by Gasteiger charge is -2.34. The summed E-state index contributed by atoms with van der Waals surface area (Å²) in [6.07, 6.45) is 4.97. The van der Waals surface area contributed by atoms with Crippen LogP contribution in [0.25, 0.3) is 0 Å². The Morgan fingerprint density at radius 2 is 2.19 bits per heavy atom. The maximum atomic E-state index is 15.1. The number of hydroxylamine groups is 2. The standard InChI is InChI=1S/C19H28ClFN6O4/c1-12-10-31-7-6-27(12)17-15(21)16(22-19(20)23-17)24-25-18(29)14(9-26(30)11-28)8-13-4-2-3-5-13/h11-14,30H,2-10H2,1H3,(H,25,29)(H,22,23,24)/t12-,14+/m0/s1. The number of nitrogens with zero attached hydrogens (tertiary/aromatic N) is 4. The molecule has 172 valence electrons. The third-order valence-electron chi connectivity index (χ3n) is 5.74. The molecule has 0 unspecified atom stereocenters. The van der Waals surface area contributed by atoms with Crippen LogP contribution in [0.3, 0.4) is 0 Å². The van der Waals surface area contributed by atoms with E-state index >= 15 is 4.39 Å². The first-order valence-corrected chi connectivity index (χ1v) is 10.8. The number of anilines is 2. The van der Waals surface area contributed by atoms with Crippen molar-refractivity contribution < 1.29 is 23.9 Å². The number of hydrogen-bond donors (Lipinski definition) is 3. The lowest BCUT2D eigenvalue weighted by molar-refractivity contribution is -0.154. The average Bonchev–Trinajstić information content (AvgIpc) is 3.27. The summed E-state index contributed by atoms with van der Waals surface area (Å²) in [5, 5.41) is 9.85. The summed E-state index contributed by atoms with van der Waals surface area (Å²) in [4.78, 5) is 33.1. The summed E-state index contributed by atoms with van der Waals surface area (Å²) in [5.74, 6) is -1.79. The van der Waals surface area contributed by atoms with Gasteiger partial charge in [0, 0.05) is 6.54 Å². The lowest BCUT2D eigenvalue weighted by Crippen LogP contribution is -2.45. The van der Waals surface area contributed by atoms with Gasteiger partial charge in [-0.05, 0) is 30.9 Å². The minimum atomic E-state index is -0.748. The van der Waals surface area contributed by atoms with E-state index in [2.05, 4.69) is 20.8 Å². The van der Waals surface area contributed by atoms with Crippen LogP contribution in [0, 0.1) is 17.7 Å². The molecule has 0 aromatic carbocycles. The van der Waals surface area contributed by atoms with Crippen LogP contribution in [0.1, 0.15) is 39.0 Å². The minimum Gasteiger partial charge on any atom is -0.377 e. The molecule has 2 atom stereocenters. The van der Waals surface area contributed by atoms with Crippen LogP contribution in [-0.4, -0.2) is 64.9 Å². The molecule has 1 aromatic heterocycles. The SMILES string of the molecule is C[C@H]1COCCN1c1nc(Cl)nc(NNC(=O)[C@H](CC2CCCC2)CN(O)C=O)c1F. The molecule has 0 spiro atoms. The largest absolute Gasteiger partial charge is 0.377 e. The fourth-order valence-corrected chi connectivity index (χ4v) is 4.29. The third-order valence-corrected chi connectivity index (χ3v) is 5.91. The van der Waals surface area contributed by atoms with Crippen LogP contribution >= 0.6 is 11.6 Å². The molecule has 1 aromatic rings. The minimum absolute atomic E-state index is 0.0255. The summed E-state index contributed by atoms with van der Waals surface area (Å²) in [7, 11) is 0. The third kappa shape index (κ3) is 6.14. The van der Waals surface area contributed by atoms with E-state index in [1.807, 2.05) is 6.92 Å². The monoisotopic (exact) mass is 458 g/mol. The number of halogens is 2. The first-order chi connectivity index (χ1) is 14.9. The molecule has 2 heterocycles. The highest BCUT2D eigenvalue weighted by atomic mass is 35.5. The molecule has 1 saturated carbocycles. The zero-order valence-electron chi connectivity index (χ0n) is 17.4. The predicted molar refractivity (Wildman–Crippen MR) is 111 cm³/mol. The zero-order valence-corrected chi connectivity index (χ0v) is 18.1. The van der Waals surface area contributed by atoms with Gasteiger partial charge in [0.25, 0.3) is 0 Å².